The number of hydrogen-bond donors (Lipinski definition) is 4. The zero-order valence-electron chi connectivity index (χ0n) is 14.5. The van der Waals surface area contributed by atoms with Crippen molar-refractivity contribution >= 4 is 17.8 Å². The molecule has 0 aromatic carbocycles. The standard InChI is InChI=1S/C16H26N4O4/c1-9(2)7-11(13(21)14-17-5-6-18-14)19-15(22)12(8-10(3)4)20-16(23)24/h5-6,9-12,20H,7-8H2,1-4H3,(H,17,18)(H,19,22)(H,23,24)/t11-,12-/m0/s1. The van der Waals surface area contributed by atoms with Gasteiger partial charge in [-0.2, -0.15) is 0 Å². The van der Waals surface area contributed by atoms with E-state index < -0.39 is 24.1 Å². The predicted octanol–water partition coefficient (Wildman–Crippen LogP) is 1.81. The monoisotopic (exact) mass is 338 g/mol. The molecule has 1 aromatic heterocycles. The number of amides is 2. The molecule has 8 nitrogen and oxygen atoms in total. The average Bonchev–Trinajstić information content (AvgIpc) is 2.97. The summed E-state index contributed by atoms with van der Waals surface area (Å²) in [6.07, 6.45) is 2.52. The summed E-state index contributed by atoms with van der Waals surface area (Å²) >= 11 is 0. The number of rotatable bonds is 9. The number of Topliss-reactive ketones (excluding diaryl/α,β-unsaturated/α-hetero) is 1. The lowest BCUT2D eigenvalue weighted by Gasteiger charge is -2.23. The summed E-state index contributed by atoms with van der Waals surface area (Å²) in [6, 6.07) is -1.66. The predicted molar refractivity (Wildman–Crippen MR) is 88.7 cm³/mol. The number of aromatic amines is 1. The first-order valence-corrected chi connectivity index (χ1v) is 8.04. The maximum Gasteiger partial charge on any atom is 0.405 e. The quantitative estimate of drug-likeness (QED) is 0.511. The highest BCUT2D eigenvalue weighted by molar-refractivity contribution is 6.00. The Morgan fingerprint density at radius 3 is 2.12 bits per heavy atom. The molecule has 134 valence electrons. The molecule has 1 aromatic rings. The number of carboxylic acid groups (broad SMARTS) is 1. The maximum atomic E-state index is 12.5. The number of hydrogen-bond acceptors (Lipinski definition) is 4. The molecule has 0 aliphatic carbocycles. The Hall–Kier alpha value is -2.38. The smallest absolute Gasteiger partial charge is 0.405 e. The first-order valence-electron chi connectivity index (χ1n) is 8.04. The van der Waals surface area contributed by atoms with E-state index in [2.05, 4.69) is 20.6 Å². The van der Waals surface area contributed by atoms with Crippen molar-refractivity contribution in [3.63, 3.8) is 0 Å². The number of carbonyl (C=O) groups is 3. The van der Waals surface area contributed by atoms with Crippen LogP contribution in [0.2, 0.25) is 0 Å². The minimum atomic E-state index is -1.27. The summed E-state index contributed by atoms with van der Waals surface area (Å²) in [6.45, 7) is 7.66. The lowest BCUT2D eigenvalue weighted by Crippen LogP contribution is -2.52. The molecule has 1 rings (SSSR count). The molecule has 8 heteroatoms. The molecule has 24 heavy (non-hydrogen) atoms. The third-order valence-electron chi connectivity index (χ3n) is 3.39. The van der Waals surface area contributed by atoms with Crippen LogP contribution in [-0.4, -0.2) is 44.9 Å². The zero-order valence-corrected chi connectivity index (χ0v) is 14.5. The molecule has 0 fully saturated rings. The van der Waals surface area contributed by atoms with E-state index in [4.69, 9.17) is 5.11 Å². The lowest BCUT2D eigenvalue weighted by molar-refractivity contribution is -0.124. The van der Waals surface area contributed by atoms with Crippen LogP contribution in [-0.2, 0) is 4.79 Å². The summed E-state index contributed by atoms with van der Waals surface area (Å²) in [4.78, 5) is 42.5. The molecular formula is C16H26N4O4. The van der Waals surface area contributed by atoms with Crippen LogP contribution in [0.15, 0.2) is 12.4 Å². The van der Waals surface area contributed by atoms with E-state index in [1.807, 2.05) is 27.7 Å². The van der Waals surface area contributed by atoms with Gasteiger partial charge in [0.2, 0.25) is 11.7 Å². The summed E-state index contributed by atoms with van der Waals surface area (Å²) in [7, 11) is 0. The van der Waals surface area contributed by atoms with Gasteiger partial charge < -0.3 is 20.7 Å². The van der Waals surface area contributed by atoms with Crippen molar-refractivity contribution in [3.8, 4) is 0 Å². The van der Waals surface area contributed by atoms with Crippen LogP contribution in [0.4, 0.5) is 4.79 Å². The van der Waals surface area contributed by atoms with E-state index in [-0.39, 0.29) is 23.4 Å². The van der Waals surface area contributed by atoms with E-state index in [0.717, 1.165) is 0 Å². The fraction of sp³-hybridized carbons (Fsp3) is 0.625. The topological polar surface area (TPSA) is 124 Å². The van der Waals surface area contributed by atoms with Crippen molar-refractivity contribution in [1.82, 2.24) is 20.6 Å². The van der Waals surface area contributed by atoms with E-state index in [1.54, 1.807) is 0 Å². The Morgan fingerprint density at radius 1 is 1.08 bits per heavy atom. The molecule has 4 N–H and O–H groups in total. The molecular weight excluding hydrogens is 312 g/mol. The minimum Gasteiger partial charge on any atom is -0.465 e. The van der Waals surface area contributed by atoms with Crippen LogP contribution in [0.5, 0.6) is 0 Å². The van der Waals surface area contributed by atoms with Crippen molar-refractivity contribution in [2.24, 2.45) is 11.8 Å². The Morgan fingerprint density at radius 2 is 1.67 bits per heavy atom. The molecule has 2 atom stereocenters. The Balaban J connectivity index is 2.88. The molecule has 0 unspecified atom stereocenters. The van der Waals surface area contributed by atoms with Gasteiger partial charge in [0.1, 0.15) is 6.04 Å². The summed E-state index contributed by atoms with van der Waals surface area (Å²) in [5, 5.41) is 13.8. The van der Waals surface area contributed by atoms with Gasteiger partial charge in [0, 0.05) is 12.4 Å². The van der Waals surface area contributed by atoms with Crippen molar-refractivity contribution in [3.05, 3.63) is 18.2 Å². The van der Waals surface area contributed by atoms with Gasteiger partial charge in [0.05, 0.1) is 6.04 Å². The first kappa shape index (κ1) is 19.7. The molecule has 0 saturated carbocycles. The van der Waals surface area contributed by atoms with Crippen LogP contribution in [0, 0.1) is 11.8 Å². The minimum absolute atomic E-state index is 0.122. The van der Waals surface area contributed by atoms with Gasteiger partial charge in [-0.3, -0.25) is 9.59 Å². The van der Waals surface area contributed by atoms with E-state index in [1.165, 1.54) is 12.4 Å². The van der Waals surface area contributed by atoms with Crippen LogP contribution in [0.3, 0.4) is 0 Å². The third-order valence-corrected chi connectivity index (χ3v) is 3.39. The number of carbonyl (C=O) groups excluding carboxylic acids is 2. The van der Waals surface area contributed by atoms with Gasteiger partial charge in [0.15, 0.2) is 5.82 Å². The molecule has 1 heterocycles. The van der Waals surface area contributed by atoms with Gasteiger partial charge in [-0.1, -0.05) is 27.7 Å². The van der Waals surface area contributed by atoms with Crippen molar-refractivity contribution in [1.29, 1.82) is 0 Å². The average molecular weight is 338 g/mol. The lowest BCUT2D eigenvalue weighted by atomic mass is 9.98. The van der Waals surface area contributed by atoms with Gasteiger partial charge in [-0.15, -0.1) is 0 Å². The highest BCUT2D eigenvalue weighted by atomic mass is 16.4. The summed E-state index contributed by atoms with van der Waals surface area (Å²) < 4.78 is 0. The molecule has 0 saturated heterocycles. The molecule has 0 aliphatic heterocycles. The molecule has 0 spiro atoms. The highest BCUT2D eigenvalue weighted by Crippen LogP contribution is 2.11. The second kappa shape index (κ2) is 9.05. The molecule has 2 amide bonds. The van der Waals surface area contributed by atoms with Crippen molar-refractivity contribution < 1.29 is 19.5 Å². The Labute approximate surface area is 141 Å². The van der Waals surface area contributed by atoms with Gasteiger partial charge in [0.25, 0.3) is 0 Å². The van der Waals surface area contributed by atoms with Crippen molar-refractivity contribution in [2.45, 2.75) is 52.6 Å². The Bertz CT molecular complexity index is 554. The fourth-order valence-corrected chi connectivity index (χ4v) is 2.39. The normalized spacial score (nSPS) is 13.6. The first-order chi connectivity index (χ1) is 11.2. The number of H-pyrrole nitrogens is 1. The van der Waals surface area contributed by atoms with Crippen LogP contribution < -0.4 is 10.6 Å². The number of imidazole rings is 1. The molecule has 0 bridgehead atoms. The zero-order chi connectivity index (χ0) is 18.3. The van der Waals surface area contributed by atoms with E-state index in [0.29, 0.717) is 12.8 Å². The molecule has 0 radical (unpaired) electrons. The van der Waals surface area contributed by atoms with E-state index >= 15 is 0 Å². The number of nitrogens with zero attached hydrogens (tertiary/aromatic N) is 1. The fourth-order valence-electron chi connectivity index (χ4n) is 2.39. The summed E-state index contributed by atoms with van der Waals surface area (Å²) in [5.74, 6) is -0.355. The number of aromatic nitrogens is 2. The largest absolute Gasteiger partial charge is 0.465 e. The third kappa shape index (κ3) is 6.39. The van der Waals surface area contributed by atoms with Crippen LogP contribution >= 0.6 is 0 Å². The van der Waals surface area contributed by atoms with E-state index in [9.17, 15) is 14.4 Å². The SMILES string of the molecule is CC(C)C[C@H](NC(=O)O)C(=O)N[C@@H](CC(C)C)C(=O)c1ncc[nH]1. The summed E-state index contributed by atoms with van der Waals surface area (Å²) in [5.41, 5.74) is 0. The maximum absolute atomic E-state index is 12.5. The van der Waals surface area contributed by atoms with Gasteiger partial charge in [-0.25, -0.2) is 9.78 Å². The number of nitrogens with one attached hydrogen (secondary N) is 3. The second-order valence-corrected chi connectivity index (χ2v) is 6.62. The number of ketones is 1. The van der Waals surface area contributed by atoms with Gasteiger partial charge in [-0.05, 0) is 24.7 Å². The van der Waals surface area contributed by atoms with Gasteiger partial charge >= 0.3 is 6.09 Å². The highest BCUT2D eigenvalue weighted by Gasteiger charge is 2.29. The molecule has 0 aliphatic rings. The Kier molecular flexibility index (Phi) is 7.41. The van der Waals surface area contributed by atoms with Crippen LogP contribution in [0.1, 0.15) is 51.2 Å². The van der Waals surface area contributed by atoms with Crippen molar-refractivity contribution in [2.75, 3.05) is 0 Å². The van der Waals surface area contributed by atoms with Crippen LogP contribution in [0.25, 0.3) is 0 Å². The second-order valence-electron chi connectivity index (χ2n) is 6.62.